The molecule has 12 heteroatoms. The van der Waals surface area contributed by atoms with Crippen LogP contribution in [0.2, 0.25) is 0 Å². The van der Waals surface area contributed by atoms with Crippen molar-refractivity contribution >= 4 is 61.5 Å². The number of aliphatic imine (C=N–C) groups is 1. The smallest absolute Gasteiger partial charge is 0.261 e. The van der Waals surface area contributed by atoms with Crippen molar-refractivity contribution in [3.05, 3.63) is 39.6 Å². The number of aromatic amines is 1. The lowest BCUT2D eigenvalue weighted by molar-refractivity contribution is -0.118. The zero-order chi connectivity index (χ0) is 23.9. The van der Waals surface area contributed by atoms with E-state index in [1.165, 1.54) is 11.3 Å². The van der Waals surface area contributed by atoms with E-state index in [-0.39, 0.29) is 18.0 Å². The van der Waals surface area contributed by atoms with Gasteiger partial charge in [0, 0.05) is 31.1 Å². The maximum atomic E-state index is 13.1. The van der Waals surface area contributed by atoms with Gasteiger partial charge in [-0.05, 0) is 18.9 Å². The number of carbonyl (C=O) groups excluding carboxylic acids is 1. The number of nitrogens with one attached hydrogen (secondary N) is 2. The highest BCUT2D eigenvalue weighted by atomic mass is 32.1. The number of nitrogens with zero attached hydrogens (tertiary/aromatic N) is 5. The normalized spacial score (nSPS) is 17.1. The molecule has 1 amide bonds. The second-order valence-corrected chi connectivity index (χ2v) is 9.45. The van der Waals surface area contributed by atoms with Gasteiger partial charge in [-0.3, -0.25) is 19.5 Å². The van der Waals surface area contributed by atoms with Crippen LogP contribution in [0, 0.1) is 0 Å². The lowest BCUT2D eigenvalue weighted by atomic mass is 10.1. The molecule has 0 aromatic carbocycles. The van der Waals surface area contributed by atoms with Gasteiger partial charge in [-0.2, -0.15) is 5.10 Å². The molecule has 180 valence electrons. The Morgan fingerprint density at radius 1 is 1.31 bits per heavy atom. The zero-order valence-corrected chi connectivity index (χ0v) is 19.9. The number of aromatic nitrogens is 4. The van der Waals surface area contributed by atoms with Gasteiger partial charge in [0.1, 0.15) is 21.3 Å². The monoisotopic (exact) mass is 493 g/mol. The van der Waals surface area contributed by atoms with Crippen molar-refractivity contribution in [1.29, 1.82) is 0 Å². The number of anilines is 1. The van der Waals surface area contributed by atoms with E-state index in [1.807, 2.05) is 17.3 Å². The van der Waals surface area contributed by atoms with Crippen LogP contribution in [0.1, 0.15) is 17.7 Å². The van der Waals surface area contributed by atoms with Crippen LogP contribution in [-0.2, 0) is 14.3 Å². The van der Waals surface area contributed by atoms with Crippen molar-refractivity contribution in [3.63, 3.8) is 0 Å². The molecular weight excluding hydrogens is 470 g/mol. The van der Waals surface area contributed by atoms with Crippen LogP contribution in [-0.4, -0.2) is 76.6 Å². The Morgan fingerprint density at radius 3 is 3.00 bits per heavy atom. The van der Waals surface area contributed by atoms with Gasteiger partial charge in [-0.1, -0.05) is 0 Å². The number of H-pyrrole nitrogens is 1. The number of rotatable bonds is 5. The first-order valence-corrected chi connectivity index (χ1v) is 12.2. The van der Waals surface area contributed by atoms with Crippen LogP contribution >= 0.6 is 11.3 Å². The molecule has 1 fully saturated rings. The maximum absolute atomic E-state index is 13.1. The first kappa shape index (κ1) is 21.9. The van der Waals surface area contributed by atoms with Crippen molar-refractivity contribution in [2.45, 2.75) is 12.8 Å². The van der Waals surface area contributed by atoms with Crippen LogP contribution in [0.5, 0.6) is 0 Å². The third-order valence-electron chi connectivity index (χ3n) is 6.14. The maximum Gasteiger partial charge on any atom is 0.261 e. The minimum atomic E-state index is -0.253. The van der Waals surface area contributed by atoms with Crippen molar-refractivity contribution in [3.8, 4) is 0 Å². The molecule has 4 aromatic rings. The quantitative estimate of drug-likeness (QED) is 0.437. The largest absolute Gasteiger partial charge is 0.481 e. The summed E-state index contributed by atoms with van der Waals surface area (Å²) in [6.07, 6.45) is 6.99. The van der Waals surface area contributed by atoms with Gasteiger partial charge in [-0.15, -0.1) is 11.3 Å². The van der Waals surface area contributed by atoms with Crippen LogP contribution in [0.25, 0.3) is 32.3 Å². The highest BCUT2D eigenvalue weighted by Crippen LogP contribution is 2.35. The molecule has 0 radical (unpaired) electrons. The van der Waals surface area contributed by atoms with E-state index in [0.29, 0.717) is 46.7 Å². The van der Waals surface area contributed by atoms with Crippen LogP contribution in [0.3, 0.4) is 0 Å². The molecule has 2 N–H and O–H groups in total. The second kappa shape index (κ2) is 8.87. The predicted octanol–water partition coefficient (Wildman–Crippen LogP) is 2.24. The Bertz CT molecular complexity index is 1580. The summed E-state index contributed by atoms with van der Waals surface area (Å²) in [5, 5.41) is 8.03. The van der Waals surface area contributed by atoms with Crippen molar-refractivity contribution in [2.75, 3.05) is 45.3 Å². The zero-order valence-electron chi connectivity index (χ0n) is 19.0. The number of allylic oxidation sites excluding steroid dienone is 1. The Labute approximate surface area is 203 Å². The fourth-order valence-corrected chi connectivity index (χ4v) is 5.62. The number of hydrogen-bond donors (Lipinski definition) is 2. The molecule has 35 heavy (non-hydrogen) atoms. The molecule has 6 heterocycles. The average molecular weight is 494 g/mol. The molecule has 0 unspecified atom stereocenters. The van der Waals surface area contributed by atoms with E-state index in [9.17, 15) is 9.59 Å². The van der Waals surface area contributed by atoms with Crippen LogP contribution < -0.4 is 10.9 Å². The number of ether oxygens (including phenoxy) is 2. The lowest BCUT2D eigenvalue weighted by Crippen LogP contribution is -2.41. The van der Waals surface area contributed by atoms with E-state index in [1.54, 1.807) is 23.9 Å². The second-order valence-electron chi connectivity index (χ2n) is 8.42. The number of pyridine rings is 2. The van der Waals surface area contributed by atoms with E-state index in [2.05, 4.69) is 25.4 Å². The SMILES string of the molecule is COC1=C(c2cn3nc4c5ncc(NC(=O)CN6CCOCC6)cc5[nH]c(=O)c4c3s2)CCC=N1. The van der Waals surface area contributed by atoms with Gasteiger partial charge in [0.2, 0.25) is 11.8 Å². The molecule has 2 aliphatic rings. The number of methoxy groups -OCH3 is 1. The highest BCUT2D eigenvalue weighted by molar-refractivity contribution is 7.19. The molecule has 11 nitrogen and oxygen atoms in total. The molecule has 1 saturated heterocycles. The molecule has 0 bridgehead atoms. The highest BCUT2D eigenvalue weighted by Gasteiger charge is 2.21. The molecule has 4 aromatic heterocycles. The summed E-state index contributed by atoms with van der Waals surface area (Å²) in [4.78, 5) is 41.0. The van der Waals surface area contributed by atoms with Gasteiger partial charge in [-0.25, -0.2) is 9.51 Å². The number of fused-ring (bicyclic) bond motifs is 5. The summed E-state index contributed by atoms with van der Waals surface area (Å²) in [6, 6.07) is 1.72. The molecular formula is C23H23N7O4S. The summed E-state index contributed by atoms with van der Waals surface area (Å²) >= 11 is 1.48. The van der Waals surface area contributed by atoms with Crippen molar-refractivity contribution in [1.82, 2.24) is 24.5 Å². The number of thiazole rings is 1. The van der Waals surface area contributed by atoms with Crippen molar-refractivity contribution in [2.24, 2.45) is 4.99 Å². The fourth-order valence-electron chi connectivity index (χ4n) is 4.47. The molecule has 0 saturated carbocycles. The van der Waals surface area contributed by atoms with Gasteiger partial charge < -0.3 is 19.8 Å². The Morgan fingerprint density at radius 2 is 2.17 bits per heavy atom. The third-order valence-corrected chi connectivity index (χ3v) is 7.29. The Balaban J connectivity index is 1.34. The van der Waals surface area contributed by atoms with Gasteiger partial charge in [0.15, 0.2) is 0 Å². The first-order valence-electron chi connectivity index (χ1n) is 11.3. The van der Waals surface area contributed by atoms with Crippen LogP contribution in [0.15, 0.2) is 34.1 Å². The van der Waals surface area contributed by atoms with Crippen molar-refractivity contribution < 1.29 is 14.3 Å². The standard InChI is InChI=1S/C23H23N7O4S/c1-33-22-14(3-2-4-24-22)16-11-30-23(35-16)18-20(28-30)19-15(27-21(18)32)9-13(10-25-19)26-17(31)12-29-5-7-34-8-6-29/h4,9-11H,2-3,5-8,12H2,1H3,(H,26,31)(H,27,32). The number of hydrogen-bond acceptors (Lipinski definition) is 9. The molecule has 2 aliphatic heterocycles. The molecule has 6 rings (SSSR count). The van der Waals surface area contributed by atoms with E-state index < -0.39 is 0 Å². The molecule has 0 aliphatic carbocycles. The lowest BCUT2D eigenvalue weighted by Gasteiger charge is -2.25. The Kier molecular flexibility index (Phi) is 5.55. The third kappa shape index (κ3) is 3.99. The van der Waals surface area contributed by atoms with E-state index >= 15 is 0 Å². The Hall–Kier alpha value is -3.61. The van der Waals surface area contributed by atoms with Gasteiger partial charge in [0.25, 0.3) is 5.56 Å². The number of morpholine rings is 1. The molecule has 0 atom stereocenters. The summed E-state index contributed by atoms with van der Waals surface area (Å²) < 4.78 is 12.5. The summed E-state index contributed by atoms with van der Waals surface area (Å²) in [5.41, 5.74) is 2.88. The number of carbonyl (C=O) groups is 1. The number of amides is 1. The molecule has 0 spiro atoms. The minimum absolute atomic E-state index is 0.136. The first-order chi connectivity index (χ1) is 17.1. The van der Waals surface area contributed by atoms with Crippen LogP contribution in [0.4, 0.5) is 5.69 Å². The van der Waals surface area contributed by atoms with Gasteiger partial charge >= 0.3 is 0 Å². The predicted molar refractivity (Wildman–Crippen MR) is 134 cm³/mol. The average Bonchev–Trinajstić information content (AvgIpc) is 3.43. The fraction of sp³-hybridized carbons (Fsp3) is 0.348. The van der Waals surface area contributed by atoms with Gasteiger partial charge in [0.05, 0.1) is 49.1 Å². The minimum Gasteiger partial charge on any atom is -0.481 e. The van der Waals surface area contributed by atoms with E-state index in [0.717, 1.165) is 41.2 Å². The summed E-state index contributed by atoms with van der Waals surface area (Å²) in [5.74, 6) is 0.456. The summed E-state index contributed by atoms with van der Waals surface area (Å²) in [7, 11) is 1.61. The van der Waals surface area contributed by atoms with E-state index in [4.69, 9.17) is 9.47 Å². The summed E-state index contributed by atoms with van der Waals surface area (Å²) in [6.45, 7) is 2.99. The topological polar surface area (TPSA) is 126 Å².